The molecule has 1 N–H and O–H groups in total. The zero-order chi connectivity index (χ0) is 17.9. The van der Waals surface area contributed by atoms with Gasteiger partial charge in [0.05, 0.1) is 5.92 Å². The Balaban J connectivity index is 2.09. The van der Waals surface area contributed by atoms with E-state index in [0.717, 1.165) is 10.9 Å². The van der Waals surface area contributed by atoms with Gasteiger partial charge in [-0.3, -0.25) is 14.4 Å². The Morgan fingerprint density at radius 2 is 1.96 bits per heavy atom. The van der Waals surface area contributed by atoms with Gasteiger partial charge in [0.1, 0.15) is 6.04 Å². The maximum Gasteiger partial charge on any atom is 0.308 e. The van der Waals surface area contributed by atoms with Crippen LogP contribution in [0.1, 0.15) is 30.1 Å². The number of carboxylic acid groups (broad SMARTS) is 1. The van der Waals surface area contributed by atoms with E-state index in [1.165, 1.54) is 4.90 Å². The Kier molecular flexibility index (Phi) is 5.99. The van der Waals surface area contributed by atoms with E-state index in [-0.39, 0.29) is 18.4 Å². The number of amides is 2. The summed E-state index contributed by atoms with van der Waals surface area (Å²) >= 11 is 3.33. The summed E-state index contributed by atoms with van der Waals surface area (Å²) in [7, 11) is 1.59. The third kappa shape index (κ3) is 4.14. The first kappa shape index (κ1) is 18.4. The fraction of sp³-hybridized carbons (Fsp3) is 0.471. The molecule has 2 unspecified atom stereocenters. The highest BCUT2D eigenvalue weighted by molar-refractivity contribution is 9.10. The summed E-state index contributed by atoms with van der Waals surface area (Å²) in [5.41, 5.74) is 0.541. The van der Waals surface area contributed by atoms with Crippen LogP contribution in [-0.4, -0.2) is 58.9 Å². The van der Waals surface area contributed by atoms with Gasteiger partial charge in [-0.05, 0) is 37.1 Å². The smallest absolute Gasteiger partial charge is 0.308 e. The van der Waals surface area contributed by atoms with Crippen LogP contribution >= 0.6 is 15.9 Å². The van der Waals surface area contributed by atoms with Crippen molar-refractivity contribution in [3.05, 3.63) is 34.3 Å². The van der Waals surface area contributed by atoms with Crippen molar-refractivity contribution in [2.24, 2.45) is 5.92 Å². The van der Waals surface area contributed by atoms with E-state index in [9.17, 15) is 14.4 Å². The predicted octanol–water partition coefficient (Wildman–Crippen LogP) is 2.23. The molecule has 0 aliphatic carbocycles. The number of aliphatic carboxylic acids is 1. The number of nitrogens with zero attached hydrogens (tertiary/aromatic N) is 2. The van der Waals surface area contributed by atoms with Crippen LogP contribution in [0.4, 0.5) is 0 Å². The van der Waals surface area contributed by atoms with Crippen molar-refractivity contribution < 1.29 is 19.5 Å². The lowest BCUT2D eigenvalue weighted by Crippen LogP contribution is -2.48. The molecule has 130 valence electrons. The minimum absolute atomic E-state index is 0.130. The van der Waals surface area contributed by atoms with Gasteiger partial charge >= 0.3 is 5.97 Å². The molecule has 0 spiro atoms. The second kappa shape index (κ2) is 7.79. The third-order valence-electron chi connectivity index (χ3n) is 4.24. The number of hydrogen-bond acceptors (Lipinski definition) is 3. The molecule has 1 aliphatic heterocycles. The Hall–Kier alpha value is -1.89. The first-order valence-electron chi connectivity index (χ1n) is 7.85. The summed E-state index contributed by atoms with van der Waals surface area (Å²) in [6, 6.07) is 6.51. The highest BCUT2D eigenvalue weighted by Gasteiger charge is 2.36. The second-order valence-corrected chi connectivity index (χ2v) is 7.04. The number of likely N-dealkylation sites (tertiary alicyclic amines) is 1. The van der Waals surface area contributed by atoms with E-state index in [2.05, 4.69) is 15.9 Å². The largest absolute Gasteiger partial charge is 0.481 e. The molecular formula is C17H21BrN2O4. The lowest BCUT2D eigenvalue weighted by atomic mass is 10.1. The van der Waals surface area contributed by atoms with Gasteiger partial charge in [0, 0.05) is 30.2 Å². The maximum absolute atomic E-state index is 12.7. The van der Waals surface area contributed by atoms with Gasteiger partial charge in [-0.15, -0.1) is 0 Å². The van der Waals surface area contributed by atoms with Crippen LogP contribution in [0.15, 0.2) is 28.7 Å². The maximum atomic E-state index is 12.7. The normalized spacial score (nSPS) is 18.3. The first-order valence-corrected chi connectivity index (χ1v) is 8.65. The molecule has 0 radical (unpaired) electrons. The van der Waals surface area contributed by atoms with E-state index < -0.39 is 17.9 Å². The zero-order valence-corrected chi connectivity index (χ0v) is 15.3. The molecule has 2 atom stereocenters. The van der Waals surface area contributed by atoms with Crippen LogP contribution in [0.3, 0.4) is 0 Å². The molecule has 2 amide bonds. The molecule has 1 aliphatic rings. The van der Waals surface area contributed by atoms with Crippen LogP contribution in [0, 0.1) is 5.92 Å². The summed E-state index contributed by atoms with van der Waals surface area (Å²) in [6.45, 7) is 2.23. The Bertz CT molecular complexity index is 632. The number of carbonyl (C=O) groups excluding carboxylic acids is 2. The number of benzene rings is 1. The molecule has 1 fully saturated rings. The van der Waals surface area contributed by atoms with E-state index in [0.29, 0.717) is 18.5 Å². The average molecular weight is 397 g/mol. The van der Waals surface area contributed by atoms with Crippen LogP contribution in [0.5, 0.6) is 0 Å². The Morgan fingerprint density at radius 1 is 1.33 bits per heavy atom. The van der Waals surface area contributed by atoms with Gasteiger partial charge in [0.2, 0.25) is 5.91 Å². The zero-order valence-electron chi connectivity index (χ0n) is 13.7. The van der Waals surface area contributed by atoms with Crippen LogP contribution in [0.2, 0.25) is 0 Å². The van der Waals surface area contributed by atoms with E-state index in [1.807, 2.05) is 0 Å². The summed E-state index contributed by atoms with van der Waals surface area (Å²) in [5, 5.41) is 8.98. The molecule has 0 saturated carbocycles. The molecule has 1 aromatic rings. The van der Waals surface area contributed by atoms with E-state index >= 15 is 0 Å². The van der Waals surface area contributed by atoms with Gasteiger partial charge in [0.25, 0.3) is 5.91 Å². The molecule has 24 heavy (non-hydrogen) atoms. The highest BCUT2D eigenvalue weighted by Crippen LogP contribution is 2.23. The third-order valence-corrected chi connectivity index (χ3v) is 4.76. The number of carboxylic acids is 1. The molecular weight excluding hydrogens is 376 g/mol. The molecule has 6 nitrogen and oxygen atoms in total. The standard InChI is InChI=1S/C17H21BrN2O4/c1-11(17(23)24)10-19(2)16(22)14-4-3-9-20(14)15(21)12-5-7-13(18)8-6-12/h5-8,11,14H,3-4,9-10H2,1-2H3,(H,23,24). The number of hydrogen-bond donors (Lipinski definition) is 1. The molecule has 1 aromatic carbocycles. The Labute approximate surface area is 149 Å². The van der Waals surface area contributed by atoms with Gasteiger partial charge in [-0.2, -0.15) is 0 Å². The highest BCUT2D eigenvalue weighted by atomic mass is 79.9. The summed E-state index contributed by atoms with van der Waals surface area (Å²) in [4.78, 5) is 39.3. The Morgan fingerprint density at radius 3 is 2.54 bits per heavy atom. The quantitative estimate of drug-likeness (QED) is 0.827. The fourth-order valence-electron chi connectivity index (χ4n) is 2.86. The van der Waals surface area contributed by atoms with Crippen molar-refractivity contribution in [1.82, 2.24) is 9.80 Å². The summed E-state index contributed by atoms with van der Waals surface area (Å²) < 4.78 is 0.885. The summed E-state index contributed by atoms with van der Waals surface area (Å²) in [5.74, 6) is -1.95. The molecule has 1 saturated heterocycles. The van der Waals surface area contributed by atoms with Crippen LogP contribution in [0.25, 0.3) is 0 Å². The van der Waals surface area contributed by atoms with Crippen molar-refractivity contribution in [3.8, 4) is 0 Å². The van der Waals surface area contributed by atoms with Gasteiger partial charge in [0.15, 0.2) is 0 Å². The first-order chi connectivity index (χ1) is 11.3. The van der Waals surface area contributed by atoms with Crippen molar-refractivity contribution in [2.75, 3.05) is 20.1 Å². The molecule has 0 aromatic heterocycles. The van der Waals surface area contributed by atoms with Crippen molar-refractivity contribution in [3.63, 3.8) is 0 Å². The number of halogens is 1. The number of rotatable bonds is 5. The van der Waals surface area contributed by atoms with Crippen LogP contribution < -0.4 is 0 Å². The van der Waals surface area contributed by atoms with Crippen LogP contribution in [-0.2, 0) is 9.59 Å². The van der Waals surface area contributed by atoms with E-state index in [4.69, 9.17) is 5.11 Å². The van der Waals surface area contributed by atoms with Crippen molar-refractivity contribution in [1.29, 1.82) is 0 Å². The predicted molar refractivity (Wildman–Crippen MR) is 92.6 cm³/mol. The number of carbonyl (C=O) groups is 3. The lowest BCUT2D eigenvalue weighted by Gasteiger charge is -2.29. The fourth-order valence-corrected chi connectivity index (χ4v) is 3.12. The van der Waals surface area contributed by atoms with Gasteiger partial charge in [-0.1, -0.05) is 22.9 Å². The number of likely N-dealkylation sites (N-methyl/N-ethyl adjacent to an activating group) is 1. The average Bonchev–Trinajstić information content (AvgIpc) is 3.03. The minimum Gasteiger partial charge on any atom is -0.481 e. The summed E-state index contributed by atoms with van der Waals surface area (Å²) in [6.07, 6.45) is 1.37. The topological polar surface area (TPSA) is 77.9 Å². The van der Waals surface area contributed by atoms with Gasteiger partial charge < -0.3 is 14.9 Å². The van der Waals surface area contributed by atoms with Gasteiger partial charge in [-0.25, -0.2) is 0 Å². The van der Waals surface area contributed by atoms with Crippen molar-refractivity contribution in [2.45, 2.75) is 25.8 Å². The SMILES string of the molecule is CC(CN(C)C(=O)C1CCCN1C(=O)c1ccc(Br)cc1)C(=O)O. The molecule has 1 heterocycles. The van der Waals surface area contributed by atoms with E-state index in [1.54, 1.807) is 43.1 Å². The molecule has 2 rings (SSSR count). The molecule has 7 heteroatoms. The monoisotopic (exact) mass is 396 g/mol. The second-order valence-electron chi connectivity index (χ2n) is 6.12. The van der Waals surface area contributed by atoms with Crippen molar-refractivity contribution >= 4 is 33.7 Å². The molecule has 0 bridgehead atoms. The minimum atomic E-state index is -0.941. The lowest BCUT2D eigenvalue weighted by molar-refractivity contribution is -0.143.